The maximum Gasteiger partial charge on any atom is 0.133 e. The fraction of sp³-hybridized carbons (Fsp3) is 0.500. The molecule has 1 aliphatic rings. The van der Waals surface area contributed by atoms with Crippen LogP contribution in [0.2, 0.25) is 0 Å². The van der Waals surface area contributed by atoms with Crippen LogP contribution < -0.4 is 9.47 Å². The number of thioether (sulfide) groups is 1. The maximum atomic E-state index is 5.46. The van der Waals surface area contributed by atoms with E-state index < -0.39 is 0 Å². The Kier molecular flexibility index (Phi) is 3.04. The lowest BCUT2D eigenvalue weighted by Gasteiger charge is -2.15. The molecule has 3 nitrogen and oxygen atoms in total. The van der Waals surface area contributed by atoms with Crippen LogP contribution in [0, 0.1) is 0 Å². The van der Waals surface area contributed by atoms with Crippen LogP contribution in [-0.2, 0) is 10.3 Å². The highest BCUT2D eigenvalue weighted by molar-refractivity contribution is 7.98. The van der Waals surface area contributed by atoms with E-state index in [-0.39, 0.29) is 5.60 Å². The minimum absolute atomic E-state index is 0.199. The van der Waals surface area contributed by atoms with Crippen molar-refractivity contribution in [2.45, 2.75) is 17.4 Å². The second kappa shape index (κ2) is 4.18. The van der Waals surface area contributed by atoms with Gasteiger partial charge < -0.3 is 14.2 Å². The Morgan fingerprint density at radius 1 is 1.25 bits per heavy atom. The van der Waals surface area contributed by atoms with Crippen molar-refractivity contribution in [3.63, 3.8) is 0 Å². The van der Waals surface area contributed by atoms with Gasteiger partial charge in [-0.2, -0.15) is 0 Å². The summed E-state index contributed by atoms with van der Waals surface area (Å²) in [5, 5.41) is 0. The first-order chi connectivity index (χ1) is 7.64. The van der Waals surface area contributed by atoms with Crippen LogP contribution in [0.15, 0.2) is 17.0 Å². The minimum atomic E-state index is -0.199. The number of rotatable bonds is 4. The fourth-order valence-electron chi connectivity index (χ4n) is 1.71. The molecule has 1 saturated heterocycles. The Balaban J connectivity index is 2.51. The zero-order chi connectivity index (χ0) is 11.8. The maximum absolute atomic E-state index is 5.46. The molecule has 1 unspecified atom stereocenters. The smallest absolute Gasteiger partial charge is 0.133 e. The average molecular weight is 240 g/mol. The summed E-state index contributed by atoms with van der Waals surface area (Å²) in [5.74, 6) is 1.74. The molecule has 0 aliphatic carbocycles. The van der Waals surface area contributed by atoms with Crippen LogP contribution >= 0.6 is 11.8 Å². The predicted molar refractivity (Wildman–Crippen MR) is 64.6 cm³/mol. The van der Waals surface area contributed by atoms with Crippen molar-refractivity contribution in [3.8, 4) is 11.5 Å². The number of benzene rings is 1. The third-order valence-electron chi connectivity index (χ3n) is 2.85. The van der Waals surface area contributed by atoms with Gasteiger partial charge in [0.15, 0.2) is 0 Å². The second-order valence-corrected chi connectivity index (χ2v) is 4.78. The lowest BCUT2D eigenvalue weighted by atomic mass is 10.0. The molecule has 88 valence electrons. The van der Waals surface area contributed by atoms with Crippen molar-refractivity contribution in [2.24, 2.45) is 0 Å². The van der Waals surface area contributed by atoms with Gasteiger partial charge >= 0.3 is 0 Å². The van der Waals surface area contributed by atoms with Crippen LogP contribution in [0.4, 0.5) is 0 Å². The largest absolute Gasteiger partial charge is 0.496 e. The minimum Gasteiger partial charge on any atom is -0.496 e. The van der Waals surface area contributed by atoms with Crippen molar-refractivity contribution in [3.05, 3.63) is 17.7 Å². The van der Waals surface area contributed by atoms with E-state index in [1.165, 1.54) is 0 Å². The van der Waals surface area contributed by atoms with Crippen molar-refractivity contribution >= 4 is 11.8 Å². The zero-order valence-electron chi connectivity index (χ0n) is 9.99. The van der Waals surface area contributed by atoms with Gasteiger partial charge in [0.2, 0.25) is 0 Å². The quantitative estimate of drug-likeness (QED) is 0.598. The molecule has 1 atom stereocenters. The third-order valence-corrected chi connectivity index (χ3v) is 3.61. The van der Waals surface area contributed by atoms with Crippen LogP contribution in [0.3, 0.4) is 0 Å². The van der Waals surface area contributed by atoms with Crippen molar-refractivity contribution in [1.82, 2.24) is 0 Å². The monoisotopic (exact) mass is 240 g/mol. The topological polar surface area (TPSA) is 31.0 Å². The van der Waals surface area contributed by atoms with Crippen molar-refractivity contribution in [2.75, 3.05) is 27.1 Å². The summed E-state index contributed by atoms with van der Waals surface area (Å²) in [6, 6.07) is 4.02. The van der Waals surface area contributed by atoms with Crippen molar-refractivity contribution in [1.29, 1.82) is 0 Å². The van der Waals surface area contributed by atoms with Crippen LogP contribution in [0.5, 0.6) is 11.5 Å². The summed E-state index contributed by atoms with van der Waals surface area (Å²) in [6.07, 6.45) is 2.02. The molecule has 0 saturated carbocycles. The molecular formula is C12H16O3S. The highest BCUT2D eigenvalue weighted by Crippen LogP contribution is 2.46. The summed E-state index contributed by atoms with van der Waals surface area (Å²) in [7, 11) is 3.36. The van der Waals surface area contributed by atoms with Crippen LogP contribution in [0.1, 0.15) is 12.5 Å². The first-order valence-electron chi connectivity index (χ1n) is 5.09. The molecule has 0 amide bonds. The van der Waals surface area contributed by atoms with Gasteiger partial charge in [-0.3, -0.25) is 0 Å². The molecule has 2 rings (SSSR count). The summed E-state index contributed by atoms with van der Waals surface area (Å²) < 4.78 is 16.2. The number of hydrogen-bond donors (Lipinski definition) is 0. The molecular weight excluding hydrogens is 224 g/mol. The molecule has 1 aromatic carbocycles. The second-order valence-electron chi connectivity index (χ2n) is 3.93. The standard InChI is InChI=1S/C12H16O3S/c1-12(7-15-12)8-5-10(14-3)11(16-4)6-9(8)13-2/h5-6H,7H2,1-4H3. The molecule has 0 bridgehead atoms. The van der Waals surface area contributed by atoms with E-state index in [1.54, 1.807) is 26.0 Å². The number of ether oxygens (including phenoxy) is 3. The van der Waals surface area contributed by atoms with Gasteiger partial charge in [0.25, 0.3) is 0 Å². The molecule has 0 N–H and O–H groups in total. The fourth-order valence-corrected chi connectivity index (χ4v) is 2.27. The number of epoxide rings is 1. The Bertz CT molecular complexity index is 399. The van der Waals surface area contributed by atoms with E-state index in [4.69, 9.17) is 14.2 Å². The molecule has 1 aliphatic heterocycles. The van der Waals surface area contributed by atoms with Gasteiger partial charge in [0.1, 0.15) is 17.1 Å². The van der Waals surface area contributed by atoms with Gasteiger partial charge in [0.05, 0.1) is 25.7 Å². The first kappa shape index (κ1) is 11.6. The van der Waals surface area contributed by atoms with Gasteiger partial charge in [0, 0.05) is 5.56 Å². The highest BCUT2D eigenvalue weighted by atomic mass is 32.2. The average Bonchev–Trinajstić information content (AvgIpc) is 3.06. The Hall–Kier alpha value is -0.870. The van der Waals surface area contributed by atoms with E-state index in [2.05, 4.69) is 6.92 Å². The molecule has 1 aromatic rings. The predicted octanol–water partition coefficient (Wildman–Crippen LogP) is 2.67. The summed E-state index contributed by atoms with van der Waals surface area (Å²) in [5.41, 5.74) is 0.861. The Labute approximate surface area is 100 Å². The lowest BCUT2D eigenvalue weighted by Crippen LogP contribution is -2.06. The summed E-state index contributed by atoms with van der Waals surface area (Å²) in [4.78, 5) is 1.08. The van der Waals surface area contributed by atoms with Crippen LogP contribution in [-0.4, -0.2) is 27.1 Å². The summed E-state index contributed by atoms with van der Waals surface area (Å²) in [6.45, 7) is 2.80. The van der Waals surface area contributed by atoms with Gasteiger partial charge in [-0.1, -0.05) is 0 Å². The molecule has 0 spiro atoms. The van der Waals surface area contributed by atoms with E-state index in [0.717, 1.165) is 28.6 Å². The van der Waals surface area contributed by atoms with Gasteiger partial charge in [-0.25, -0.2) is 0 Å². The molecule has 0 radical (unpaired) electrons. The molecule has 16 heavy (non-hydrogen) atoms. The number of methoxy groups -OCH3 is 2. The SMILES string of the molecule is COc1cc(C2(C)CO2)c(OC)cc1SC. The Morgan fingerprint density at radius 2 is 1.88 bits per heavy atom. The van der Waals surface area contributed by atoms with E-state index in [1.807, 2.05) is 18.4 Å². The summed E-state index contributed by atoms with van der Waals surface area (Å²) >= 11 is 1.64. The first-order valence-corrected chi connectivity index (χ1v) is 6.31. The third kappa shape index (κ3) is 1.87. The van der Waals surface area contributed by atoms with Crippen molar-refractivity contribution < 1.29 is 14.2 Å². The van der Waals surface area contributed by atoms with E-state index in [0.29, 0.717) is 0 Å². The molecule has 0 aromatic heterocycles. The number of hydrogen-bond acceptors (Lipinski definition) is 4. The van der Waals surface area contributed by atoms with Gasteiger partial charge in [-0.15, -0.1) is 11.8 Å². The van der Waals surface area contributed by atoms with Gasteiger partial charge in [-0.05, 0) is 25.3 Å². The zero-order valence-corrected chi connectivity index (χ0v) is 10.8. The molecule has 4 heteroatoms. The normalized spacial score (nSPS) is 23.0. The lowest BCUT2D eigenvalue weighted by molar-refractivity contribution is 0.313. The molecule has 1 heterocycles. The highest BCUT2D eigenvalue weighted by Gasteiger charge is 2.44. The molecule has 1 fully saturated rings. The Morgan fingerprint density at radius 3 is 2.31 bits per heavy atom. The van der Waals surface area contributed by atoms with E-state index >= 15 is 0 Å². The van der Waals surface area contributed by atoms with E-state index in [9.17, 15) is 0 Å². The van der Waals surface area contributed by atoms with Crippen LogP contribution in [0.25, 0.3) is 0 Å².